The number of amides is 1. The summed E-state index contributed by atoms with van der Waals surface area (Å²) in [6, 6.07) is 3.73. The van der Waals surface area contributed by atoms with Crippen LogP contribution < -0.4 is 0 Å². The predicted octanol–water partition coefficient (Wildman–Crippen LogP) is 3.18. The third-order valence-corrected chi connectivity index (χ3v) is 3.05. The van der Waals surface area contributed by atoms with Crippen molar-refractivity contribution in [1.82, 2.24) is 4.90 Å². The van der Waals surface area contributed by atoms with Crippen molar-refractivity contribution in [2.24, 2.45) is 0 Å². The first-order valence-corrected chi connectivity index (χ1v) is 5.66. The van der Waals surface area contributed by atoms with Crippen LogP contribution in [0.4, 0.5) is 4.39 Å². The molecule has 0 bridgehead atoms. The molecule has 0 saturated carbocycles. The molecule has 0 aliphatic heterocycles. The van der Waals surface area contributed by atoms with E-state index in [1.807, 2.05) is 0 Å². The largest absolute Gasteiger partial charge is 0.338 e. The van der Waals surface area contributed by atoms with Gasteiger partial charge in [0, 0.05) is 24.0 Å². The first kappa shape index (κ1) is 13.3. The summed E-state index contributed by atoms with van der Waals surface area (Å²) in [5.74, 6) is -0.707. The Balaban J connectivity index is 3.00. The quantitative estimate of drug-likeness (QED) is 0.768. The van der Waals surface area contributed by atoms with Gasteiger partial charge < -0.3 is 4.90 Å². The van der Waals surface area contributed by atoms with Crippen molar-refractivity contribution in [2.45, 2.75) is 13.0 Å². The monoisotopic (exact) mass is 263 g/mol. The van der Waals surface area contributed by atoms with Crippen LogP contribution in [-0.4, -0.2) is 29.8 Å². The molecule has 0 aliphatic rings. The van der Waals surface area contributed by atoms with Gasteiger partial charge in [-0.15, -0.1) is 11.6 Å². The van der Waals surface area contributed by atoms with E-state index in [9.17, 15) is 9.18 Å². The number of halogens is 3. The molecule has 88 valence electrons. The molecule has 0 spiro atoms. The molecule has 0 heterocycles. The molecule has 1 aromatic rings. The van der Waals surface area contributed by atoms with Crippen LogP contribution in [-0.2, 0) is 0 Å². The summed E-state index contributed by atoms with van der Waals surface area (Å²) >= 11 is 11.4. The predicted molar refractivity (Wildman–Crippen MR) is 63.7 cm³/mol. The van der Waals surface area contributed by atoms with Gasteiger partial charge in [0.15, 0.2) is 0 Å². The number of nitrogens with zero attached hydrogens (tertiary/aromatic N) is 1. The molecule has 1 aromatic carbocycles. The molecule has 1 rings (SSSR count). The van der Waals surface area contributed by atoms with Gasteiger partial charge in [-0.3, -0.25) is 4.79 Å². The van der Waals surface area contributed by atoms with Gasteiger partial charge in [0.25, 0.3) is 5.91 Å². The number of alkyl halides is 1. The van der Waals surface area contributed by atoms with Gasteiger partial charge in [-0.05, 0) is 25.1 Å². The number of benzene rings is 1. The Morgan fingerprint density at radius 3 is 2.75 bits per heavy atom. The van der Waals surface area contributed by atoms with Crippen molar-refractivity contribution in [3.8, 4) is 0 Å². The maximum atomic E-state index is 13.4. The van der Waals surface area contributed by atoms with E-state index in [4.69, 9.17) is 23.2 Å². The second-order valence-electron chi connectivity index (χ2n) is 3.54. The van der Waals surface area contributed by atoms with E-state index < -0.39 is 11.7 Å². The molecule has 0 N–H and O–H groups in total. The molecule has 2 nitrogen and oxygen atoms in total. The first-order valence-electron chi connectivity index (χ1n) is 4.75. The summed E-state index contributed by atoms with van der Waals surface area (Å²) in [5.41, 5.74) is -0.0352. The topological polar surface area (TPSA) is 20.3 Å². The van der Waals surface area contributed by atoms with E-state index >= 15 is 0 Å². The second-order valence-corrected chi connectivity index (χ2v) is 4.29. The van der Waals surface area contributed by atoms with E-state index in [2.05, 4.69) is 0 Å². The van der Waals surface area contributed by atoms with Gasteiger partial charge >= 0.3 is 0 Å². The Kier molecular flexibility index (Phi) is 4.56. The second kappa shape index (κ2) is 5.51. The lowest BCUT2D eigenvalue weighted by molar-refractivity contribution is 0.0752. The zero-order valence-corrected chi connectivity index (χ0v) is 10.5. The van der Waals surface area contributed by atoms with Crippen LogP contribution in [0.1, 0.15) is 17.3 Å². The lowest BCUT2D eigenvalue weighted by atomic mass is 10.1. The normalized spacial score (nSPS) is 12.3. The van der Waals surface area contributed by atoms with E-state index in [0.717, 1.165) is 0 Å². The number of hydrogen-bond donors (Lipinski definition) is 0. The third kappa shape index (κ3) is 2.86. The molecule has 0 fully saturated rings. The number of carbonyl (C=O) groups excluding carboxylic acids is 1. The SMILES string of the molecule is CC(CCl)N(C)C(=O)c1cc(Cl)ccc1F. The van der Waals surface area contributed by atoms with E-state index in [1.54, 1.807) is 14.0 Å². The van der Waals surface area contributed by atoms with Crippen molar-refractivity contribution in [3.63, 3.8) is 0 Å². The molecule has 0 saturated heterocycles. The third-order valence-electron chi connectivity index (χ3n) is 2.36. The molecule has 0 aromatic heterocycles. The van der Waals surface area contributed by atoms with Crippen molar-refractivity contribution in [1.29, 1.82) is 0 Å². The maximum Gasteiger partial charge on any atom is 0.256 e. The van der Waals surface area contributed by atoms with Crippen molar-refractivity contribution >= 4 is 29.1 Å². The lowest BCUT2D eigenvalue weighted by Gasteiger charge is -2.23. The van der Waals surface area contributed by atoms with E-state index in [-0.39, 0.29) is 11.6 Å². The zero-order chi connectivity index (χ0) is 12.3. The van der Waals surface area contributed by atoms with Crippen LogP contribution in [0.3, 0.4) is 0 Å². The van der Waals surface area contributed by atoms with E-state index in [0.29, 0.717) is 10.9 Å². The van der Waals surface area contributed by atoms with Gasteiger partial charge in [-0.25, -0.2) is 4.39 Å². The van der Waals surface area contributed by atoms with Crippen molar-refractivity contribution in [2.75, 3.05) is 12.9 Å². The zero-order valence-electron chi connectivity index (χ0n) is 9.01. The Bertz CT molecular complexity index is 398. The fraction of sp³-hybridized carbons (Fsp3) is 0.364. The Morgan fingerprint density at radius 1 is 1.56 bits per heavy atom. The van der Waals surface area contributed by atoms with Gasteiger partial charge in [0.2, 0.25) is 0 Å². The van der Waals surface area contributed by atoms with Crippen LogP contribution in [0.25, 0.3) is 0 Å². The highest BCUT2D eigenvalue weighted by molar-refractivity contribution is 6.31. The number of hydrogen-bond acceptors (Lipinski definition) is 1. The molecule has 1 unspecified atom stereocenters. The average molecular weight is 264 g/mol. The molecule has 1 atom stereocenters. The first-order chi connectivity index (χ1) is 7.47. The molecule has 5 heteroatoms. The maximum absolute atomic E-state index is 13.4. The van der Waals surface area contributed by atoms with Crippen LogP contribution >= 0.6 is 23.2 Å². The molecular weight excluding hydrogens is 252 g/mol. The molecule has 0 radical (unpaired) electrons. The molecular formula is C11H12Cl2FNO. The Labute approximate surface area is 104 Å². The Morgan fingerprint density at radius 2 is 2.19 bits per heavy atom. The Hall–Kier alpha value is -0.800. The lowest BCUT2D eigenvalue weighted by Crippen LogP contribution is -2.36. The van der Waals surface area contributed by atoms with Gasteiger partial charge in [0.05, 0.1) is 5.56 Å². The molecule has 16 heavy (non-hydrogen) atoms. The van der Waals surface area contributed by atoms with Crippen molar-refractivity contribution in [3.05, 3.63) is 34.6 Å². The van der Waals surface area contributed by atoms with Crippen LogP contribution in [0.2, 0.25) is 5.02 Å². The number of carbonyl (C=O) groups is 1. The summed E-state index contributed by atoms with van der Waals surface area (Å²) in [5, 5.41) is 0.330. The minimum absolute atomic E-state index is 0.0352. The standard InChI is InChI=1S/C11H12Cl2FNO/c1-7(6-12)15(2)11(16)9-5-8(13)3-4-10(9)14/h3-5,7H,6H2,1-2H3. The van der Waals surface area contributed by atoms with Gasteiger partial charge in [0.1, 0.15) is 5.82 Å². The van der Waals surface area contributed by atoms with E-state index in [1.165, 1.54) is 23.1 Å². The van der Waals surface area contributed by atoms with Crippen LogP contribution in [0.15, 0.2) is 18.2 Å². The summed E-state index contributed by atoms with van der Waals surface area (Å²) in [6.45, 7) is 1.79. The summed E-state index contributed by atoms with van der Waals surface area (Å²) in [4.78, 5) is 13.3. The fourth-order valence-electron chi connectivity index (χ4n) is 1.16. The smallest absolute Gasteiger partial charge is 0.256 e. The summed E-state index contributed by atoms with van der Waals surface area (Å²) < 4.78 is 13.4. The summed E-state index contributed by atoms with van der Waals surface area (Å²) in [7, 11) is 1.58. The molecule has 1 amide bonds. The highest BCUT2D eigenvalue weighted by Crippen LogP contribution is 2.17. The average Bonchev–Trinajstić information content (AvgIpc) is 2.29. The highest BCUT2D eigenvalue weighted by atomic mass is 35.5. The minimum Gasteiger partial charge on any atom is -0.338 e. The van der Waals surface area contributed by atoms with Gasteiger partial charge in [-0.2, -0.15) is 0 Å². The summed E-state index contributed by atoms with van der Waals surface area (Å²) in [6.07, 6.45) is 0. The van der Waals surface area contributed by atoms with Gasteiger partial charge in [-0.1, -0.05) is 11.6 Å². The molecule has 0 aliphatic carbocycles. The van der Waals surface area contributed by atoms with Crippen molar-refractivity contribution < 1.29 is 9.18 Å². The fourth-order valence-corrected chi connectivity index (χ4v) is 1.53. The van der Waals surface area contributed by atoms with Crippen LogP contribution in [0.5, 0.6) is 0 Å². The highest BCUT2D eigenvalue weighted by Gasteiger charge is 2.20. The number of rotatable bonds is 3. The minimum atomic E-state index is -0.581. The van der Waals surface area contributed by atoms with Crippen LogP contribution in [0, 0.1) is 5.82 Å².